The molecule has 0 saturated carbocycles. The summed E-state index contributed by atoms with van der Waals surface area (Å²) in [7, 11) is -0.438. The summed E-state index contributed by atoms with van der Waals surface area (Å²) in [5.41, 5.74) is 1.19. The fourth-order valence-electron chi connectivity index (χ4n) is 2.34. The molecule has 1 aliphatic heterocycles. The maximum atomic E-state index is 6.38. The van der Waals surface area contributed by atoms with Gasteiger partial charge < -0.3 is 13.9 Å². The van der Waals surface area contributed by atoms with E-state index >= 15 is 0 Å². The number of nitrogens with zero attached hydrogens (tertiary/aromatic N) is 1. The normalized spacial score (nSPS) is 20.0. The summed E-state index contributed by atoms with van der Waals surface area (Å²) in [6.45, 7) is 8.15. The van der Waals surface area contributed by atoms with Gasteiger partial charge in [0, 0.05) is 23.5 Å². The molecule has 1 aliphatic rings. The summed E-state index contributed by atoms with van der Waals surface area (Å²) in [5, 5.41) is 0.650. The molecule has 0 amide bonds. The maximum absolute atomic E-state index is 6.38. The monoisotopic (exact) mass is 303 g/mol. The predicted molar refractivity (Wildman–Crippen MR) is 86.5 cm³/mol. The second-order valence-electron chi connectivity index (χ2n) is 6.39. The highest BCUT2D eigenvalue weighted by Crippen LogP contribution is 2.37. The number of benzene rings is 1. The number of hydrogen-bond donors (Lipinski definition) is 0. The highest BCUT2D eigenvalue weighted by atomic mass is 35.5. The van der Waals surface area contributed by atoms with Crippen molar-refractivity contribution in [3.05, 3.63) is 47.7 Å². The quantitative estimate of drug-likeness (QED) is 0.794. The molecule has 3 nitrogen and oxygen atoms in total. The lowest BCUT2D eigenvalue weighted by atomic mass is 9.81. The largest absolute Gasteiger partial charge is 0.497 e. The summed E-state index contributed by atoms with van der Waals surface area (Å²) in [4.78, 5) is 0. The molecule has 3 rings (SSSR count). The zero-order valence-electron chi connectivity index (χ0n) is 12.8. The Morgan fingerprint density at radius 3 is 2.10 bits per heavy atom. The Morgan fingerprint density at radius 2 is 1.52 bits per heavy atom. The fourth-order valence-corrected chi connectivity index (χ4v) is 2.58. The van der Waals surface area contributed by atoms with E-state index in [1.807, 2.05) is 75.0 Å². The van der Waals surface area contributed by atoms with Gasteiger partial charge in [-0.15, -0.1) is 0 Å². The fraction of sp³-hybridized carbons (Fsp3) is 0.375. The minimum absolute atomic E-state index is 0.365. The van der Waals surface area contributed by atoms with Gasteiger partial charge in [0.25, 0.3) is 0 Å². The number of aromatic nitrogens is 1. The van der Waals surface area contributed by atoms with E-state index in [2.05, 4.69) is 0 Å². The lowest BCUT2D eigenvalue weighted by Crippen LogP contribution is -2.41. The van der Waals surface area contributed by atoms with Gasteiger partial charge >= 0.3 is 7.12 Å². The Hall–Kier alpha value is -1.23. The van der Waals surface area contributed by atoms with Crippen molar-refractivity contribution in [1.29, 1.82) is 0 Å². The molecule has 1 saturated heterocycles. The molecule has 21 heavy (non-hydrogen) atoms. The van der Waals surface area contributed by atoms with Gasteiger partial charge in [0.2, 0.25) is 0 Å². The van der Waals surface area contributed by atoms with Crippen LogP contribution < -0.4 is 5.46 Å². The van der Waals surface area contributed by atoms with Gasteiger partial charge in [0.1, 0.15) is 0 Å². The summed E-state index contributed by atoms with van der Waals surface area (Å²) >= 11 is 6.38. The summed E-state index contributed by atoms with van der Waals surface area (Å²) in [5.74, 6) is 0. The first kappa shape index (κ1) is 14.7. The van der Waals surface area contributed by atoms with Crippen molar-refractivity contribution < 1.29 is 9.31 Å². The van der Waals surface area contributed by atoms with Crippen molar-refractivity contribution in [3.8, 4) is 5.69 Å². The van der Waals surface area contributed by atoms with E-state index in [0.29, 0.717) is 5.02 Å². The number of hydrogen-bond acceptors (Lipinski definition) is 2. The first-order valence-electron chi connectivity index (χ1n) is 7.09. The molecule has 0 N–H and O–H groups in total. The molecule has 0 radical (unpaired) electrons. The van der Waals surface area contributed by atoms with Crippen molar-refractivity contribution in [2.24, 2.45) is 0 Å². The van der Waals surface area contributed by atoms with Crippen LogP contribution in [0, 0.1) is 0 Å². The molecule has 1 fully saturated rings. The minimum atomic E-state index is -0.438. The van der Waals surface area contributed by atoms with E-state index in [-0.39, 0.29) is 11.2 Å². The van der Waals surface area contributed by atoms with Gasteiger partial charge in [0.05, 0.1) is 16.2 Å². The molecule has 0 spiro atoms. The van der Waals surface area contributed by atoms with E-state index in [1.54, 1.807) is 0 Å². The molecule has 1 aromatic heterocycles. The zero-order valence-corrected chi connectivity index (χ0v) is 13.5. The highest BCUT2D eigenvalue weighted by molar-refractivity contribution is 6.65. The van der Waals surface area contributed by atoms with E-state index in [0.717, 1.165) is 11.2 Å². The molecule has 1 aromatic carbocycles. The van der Waals surface area contributed by atoms with Gasteiger partial charge in [-0.2, -0.15) is 0 Å². The van der Waals surface area contributed by atoms with Crippen LogP contribution in [0.15, 0.2) is 42.7 Å². The van der Waals surface area contributed by atoms with E-state index in [1.165, 1.54) is 0 Å². The van der Waals surface area contributed by atoms with Gasteiger partial charge in [-0.05, 0) is 39.8 Å². The van der Waals surface area contributed by atoms with Gasteiger partial charge in [-0.25, -0.2) is 0 Å². The van der Waals surface area contributed by atoms with Crippen molar-refractivity contribution in [3.63, 3.8) is 0 Å². The minimum Gasteiger partial charge on any atom is -0.399 e. The van der Waals surface area contributed by atoms with E-state index in [9.17, 15) is 0 Å². The third-order valence-corrected chi connectivity index (χ3v) is 4.68. The smallest absolute Gasteiger partial charge is 0.399 e. The molecule has 110 valence electrons. The first-order valence-corrected chi connectivity index (χ1v) is 7.46. The highest BCUT2D eigenvalue weighted by Gasteiger charge is 2.52. The molecule has 0 unspecified atom stereocenters. The van der Waals surface area contributed by atoms with Crippen LogP contribution in [0.1, 0.15) is 27.7 Å². The van der Waals surface area contributed by atoms with E-state index in [4.69, 9.17) is 20.9 Å². The molecule has 0 aliphatic carbocycles. The summed E-state index contributed by atoms with van der Waals surface area (Å²) in [6, 6.07) is 10.0. The van der Waals surface area contributed by atoms with Crippen molar-refractivity contribution in [2.75, 3.05) is 0 Å². The topological polar surface area (TPSA) is 23.4 Å². The average Bonchev–Trinajstić information content (AvgIpc) is 2.89. The van der Waals surface area contributed by atoms with Crippen LogP contribution >= 0.6 is 11.6 Å². The number of halogens is 1. The van der Waals surface area contributed by atoms with Crippen molar-refractivity contribution >= 4 is 24.2 Å². The second-order valence-corrected chi connectivity index (χ2v) is 6.80. The molecule has 2 heterocycles. The Kier molecular flexibility index (Phi) is 3.43. The molecule has 2 aromatic rings. The number of para-hydroxylation sites is 1. The second kappa shape index (κ2) is 4.91. The third kappa shape index (κ3) is 2.52. The maximum Gasteiger partial charge on any atom is 0.497 e. The van der Waals surface area contributed by atoms with Crippen LogP contribution in [0.4, 0.5) is 0 Å². The molecular weight excluding hydrogens is 284 g/mol. The van der Waals surface area contributed by atoms with Crippen LogP contribution in [-0.2, 0) is 9.31 Å². The van der Waals surface area contributed by atoms with Gasteiger partial charge in [0.15, 0.2) is 0 Å². The van der Waals surface area contributed by atoms with Crippen molar-refractivity contribution in [1.82, 2.24) is 4.57 Å². The molecular formula is C16H19BClNO2. The molecule has 0 atom stereocenters. The van der Waals surface area contributed by atoms with Crippen LogP contribution in [0.5, 0.6) is 0 Å². The molecule has 5 heteroatoms. The lowest BCUT2D eigenvalue weighted by Gasteiger charge is -2.32. The molecule has 0 bridgehead atoms. The van der Waals surface area contributed by atoms with Gasteiger partial charge in [-0.1, -0.05) is 29.8 Å². The summed E-state index contributed by atoms with van der Waals surface area (Å²) in [6.07, 6.45) is 3.86. The first-order chi connectivity index (χ1) is 9.80. The standard InChI is InChI=1S/C16H19BClNO2/c1-15(2)16(3,4)21-17(20-15)13-10-19(11-14(13)18)12-8-6-5-7-9-12/h5-11H,1-4H3. The Bertz CT molecular complexity index is 636. The zero-order chi connectivity index (χ0) is 15.3. The third-order valence-electron chi connectivity index (χ3n) is 4.37. The predicted octanol–water partition coefficient (Wildman–Crippen LogP) is 3.43. The lowest BCUT2D eigenvalue weighted by molar-refractivity contribution is 0.00578. The van der Waals surface area contributed by atoms with Crippen LogP contribution in [0.3, 0.4) is 0 Å². The summed E-state index contributed by atoms with van der Waals surface area (Å²) < 4.78 is 14.1. The van der Waals surface area contributed by atoms with Gasteiger partial charge in [-0.3, -0.25) is 0 Å². The van der Waals surface area contributed by atoms with Crippen LogP contribution in [-0.4, -0.2) is 22.9 Å². The van der Waals surface area contributed by atoms with Crippen molar-refractivity contribution in [2.45, 2.75) is 38.9 Å². The Labute approximate surface area is 131 Å². The Morgan fingerprint density at radius 1 is 0.952 bits per heavy atom. The SMILES string of the molecule is CC1(C)OB(c2cn(-c3ccccc3)cc2Cl)OC1(C)C. The van der Waals surface area contributed by atoms with Crippen LogP contribution in [0.2, 0.25) is 5.02 Å². The van der Waals surface area contributed by atoms with E-state index < -0.39 is 7.12 Å². The van der Waals surface area contributed by atoms with Crippen LogP contribution in [0.25, 0.3) is 5.69 Å². The Balaban J connectivity index is 1.93. The average molecular weight is 304 g/mol. The number of rotatable bonds is 2.